The zero-order valence-electron chi connectivity index (χ0n) is 15.5. The summed E-state index contributed by atoms with van der Waals surface area (Å²) in [6.45, 7) is 4.15. The molecule has 2 heterocycles. The maximum Gasteiger partial charge on any atom is 0.292 e. The lowest BCUT2D eigenvalue weighted by Gasteiger charge is -2.32. The minimum atomic E-state index is -1.19. The smallest absolute Gasteiger partial charge is 0.292 e. The molecular formula is C21H31NO3. The van der Waals surface area contributed by atoms with Gasteiger partial charge in [0.1, 0.15) is 0 Å². The van der Waals surface area contributed by atoms with E-state index in [2.05, 4.69) is 6.92 Å². The Labute approximate surface area is 151 Å². The first kappa shape index (κ1) is 18.4. The summed E-state index contributed by atoms with van der Waals surface area (Å²) in [7, 11) is 0. The third-order valence-electron chi connectivity index (χ3n) is 5.21. The van der Waals surface area contributed by atoms with Crippen molar-refractivity contribution in [3.63, 3.8) is 0 Å². The van der Waals surface area contributed by atoms with Crippen LogP contribution in [0.5, 0.6) is 0 Å². The maximum absolute atomic E-state index is 13.1. The van der Waals surface area contributed by atoms with Crippen LogP contribution in [0.1, 0.15) is 70.3 Å². The van der Waals surface area contributed by atoms with E-state index in [1.165, 1.54) is 44.9 Å². The average molecular weight is 345 g/mol. The van der Waals surface area contributed by atoms with Gasteiger partial charge in [-0.15, -0.1) is 0 Å². The normalized spacial score (nSPS) is 18.8. The highest BCUT2D eigenvalue weighted by atomic mass is 16.7. The highest BCUT2D eigenvalue weighted by Crippen LogP contribution is 2.45. The second kappa shape index (κ2) is 8.81. The Balaban J connectivity index is 1.54. The third-order valence-corrected chi connectivity index (χ3v) is 5.21. The maximum atomic E-state index is 13.1. The second-order valence-electron chi connectivity index (χ2n) is 7.12. The quantitative estimate of drug-likeness (QED) is 0.606. The molecule has 4 nitrogen and oxygen atoms in total. The summed E-state index contributed by atoms with van der Waals surface area (Å²) in [5, 5.41) is 0. The Morgan fingerprint density at radius 1 is 0.960 bits per heavy atom. The van der Waals surface area contributed by atoms with Crippen LogP contribution in [0.4, 0.5) is 5.69 Å². The van der Waals surface area contributed by atoms with E-state index in [0.29, 0.717) is 13.2 Å². The number of unbranched alkanes of at least 4 members (excludes halogenated alkanes) is 7. The van der Waals surface area contributed by atoms with Gasteiger partial charge in [0.15, 0.2) is 0 Å². The third kappa shape index (κ3) is 3.90. The first-order valence-electron chi connectivity index (χ1n) is 9.99. The zero-order valence-corrected chi connectivity index (χ0v) is 15.5. The minimum Gasteiger partial charge on any atom is -0.338 e. The van der Waals surface area contributed by atoms with E-state index >= 15 is 0 Å². The molecule has 0 bridgehead atoms. The molecule has 25 heavy (non-hydrogen) atoms. The van der Waals surface area contributed by atoms with Crippen LogP contribution in [0.3, 0.4) is 0 Å². The molecule has 4 heteroatoms. The molecule has 0 aromatic heterocycles. The van der Waals surface area contributed by atoms with Gasteiger partial charge >= 0.3 is 0 Å². The number of fused-ring (bicyclic) bond motifs is 2. The monoisotopic (exact) mass is 345 g/mol. The molecule has 0 radical (unpaired) electrons. The lowest BCUT2D eigenvalue weighted by Crippen LogP contribution is -2.47. The van der Waals surface area contributed by atoms with E-state index in [1.54, 1.807) is 0 Å². The Hall–Kier alpha value is -1.39. The summed E-state index contributed by atoms with van der Waals surface area (Å²) in [5.74, 6) is -1.23. The van der Waals surface area contributed by atoms with Gasteiger partial charge in [-0.05, 0) is 18.9 Å². The number of hydrogen-bond donors (Lipinski definition) is 0. The molecule has 1 amide bonds. The lowest BCUT2D eigenvalue weighted by atomic mass is 10.1. The van der Waals surface area contributed by atoms with Crippen LogP contribution >= 0.6 is 0 Å². The van der Waals surface area contributed by atoms with E-state index in [1.807, 2.05) is 29.2 Å². The molecule has 2 aliphatic rings. The number of rotatable bonds is 9. The van der Waals surface area contributed by atoms with Gasteiger partial charge in [0.05, 0.1) is 18.9 Å². The molecule has 1 saturated heterocycles. The topological polar surface area (TPSA) is 38.8 Å². The fourth-order valence-electron chi connectivity index (χ4n) is 3.83. The molecule has 138 valence electrons. The van der Waals surface area contributed by atoms with Gasteiger partial charge in [-0.2, -0.15) is 0 Å². The van der Waals surface area contributed by atoms with Crippen molar-refractivity contribution in [1.29, 1.82) is 0 Å². The van der Waals surface area contributed by atoms with E-state index < -0.39 is 5.79 Å². The van der Waals surface area contributed by atoms with Gasteiger partial charge in [0, 0.05) is 12.1 Å². The van der Waals surface area contributed by atoms with E-state index in [-0.39, 0.29) is 5.91 Å². The van der Waals surface area contributed by atoms with Gasteiger partial charge in [-0.1, -0.05) is 70.1 Å². The summed E-state index contributed by atoms with van der Waals surface area (Å²) in [6.07, 6.45) is 10.9. The summed E-state index contributed by atoms with van der Waals surface area (Å²) in [6, 6.07) is 7.91. The van der Waals surface area contributed by atoms with Crippen LogP contribution in [0.15, 0.2) is 24.3 Å². The van der Waals surface area contributed by atoms with Crippen LogP contribution < -0.4 is 4.90 Å². The van der Waals surface area contributed by atoms with Gasteiger partial charge in [0.25, 0.3) is 11.7 Å². The van der Waals surface area contributed by atoms with Gasteiger partial charge in [0.2, 0.25) is 0 Å². The molecule has 1 aromatic rings. The lowest BCUT2D eigenvalue weighted by molar-refractivity contribution is -0.256. The zero-order chi connectivity index (χ0) is 17.5. The number of hydrogen-bond acceptors (Lipinski definition) is 3. The van der Waals surface area contributed by atoms with Crippen LogP contribution in [-0.2, 0) is 20.1 Å². The largest absolute Gasteiger partial charge is 0.338 e. The standard InChI is InChI=1S/C21H31NO3/c1-2-3-4-5-6-7-8-11-15-22-19-14-10-9-13-18(19)21(20(22)23)24-16-12-17-25-21/h9-10,13-14H,2-8,11-12,15-17H2,1H3. The molecule has 0 unspecified atom stereocenters. The van der Waals surface area contributed by atoms with Gasteiger partial charge < -0.3 is 14.4 Å². The fourth-order valence-corrected chi connectivity index (χ4v) is 3.83. The number of carbonyl (C=O) groups is 1. The van der Waals surface area contributed by atoms with Crippen LogP contribution in [0.25, 0.3) is 0 Å². The van der Waals surface area contributed by atoms with Crippen LogP contribution in [-0.4, -0.2) is 25.7 Å². The molecule has 1 aromatic carbocycles. The van der Waals surface area contributed by atoms with Crippen molar-refractivity contribution >= 4 is 11.6 Å². The van der Waals surface area contributed by atoms with Crippen molar-refractivity contribution in [3.8, 4) is 0 Å². The van der Waals surface area contributed by atoms with Crippen molar-refractivity contribution in [1.82, 2.24) is 0 Å². The summed E-state index contributed by atoms with van der Waals surface area (Å²) >= 11 is 0. The molecule has 3 rings (SSSR count). The molecule has 0 saturated carbocycles. The van der Waals surface area contributed by atoms with Crippen molar-refractivity contribution in [2.24, 2.45) is 0 Å². The van der Waals surface area contributed by atoms with E-state index in [9.17, 15) is 4.79 Å². The Kier molecular flexibility index (Phi) is 6.49. The first-order chi connectivity index (χ1) is 12.3. The molecule has 1 fully saturated rings. The molecule has 0 atom stereocenters. The van der Waals surface area contributed by atoms with Gasteiger partial charge in [-0.3, -0.25) is 4.79 Å². The highest BCUT2D eigenvalue weighted by Gasteiger charge is 2.54. The first-order valence-corrected chi connectivity index (χ1v) is 9.99. The van der Waals surface area contributed by atoms with E-state index in [4.69, 9.17) is 9.47 Å². The number of ether oxygens (including phenoxy) is 2. The van der Waals surface area contributed by atoms with Gasteiger partial charge in [-0.25, -0.2) is 0 Å². The minimum absolute atomic E-state index is 0.0451. The second-order valence-corrected chi connectivity index (χ2v) is 7.12. The fraction of sp³-hybridized carbons (Fsp3) is 0.667. The SMILES string of the molecule is CCCCCCCCCCN1C(=O)C2(OCCCO2)c2ccccc21. The number of amides is 1. The van der Waals surface area contributed by atoms with Crippen molar-refractivity contribution in [3.05, 3.63) is 29.8 Å². The Morgan fingerprint density at radius 2 is 1.60 bits per heavy atom. The van der Waals surface area contributed by atoms with Crippen LogP contribution in [0.2, 0.25) is 0 Å². The predicted octanol–water partition coefficient (Wildman–Crippen LogP) is 4.76. The van der Waals surface area contributed by atoms with Crippen molar-refractivity contribution < 1.29 is 14.3 Å². The molecule has 0 aliphatic carbocycles. The number of para-hydroxylation sites is 1. The average Bonchev–Trinajstić information content (AvgIpc) is 2.87. The Bertz CT molecular complexity index is 566. The van der Waals surface area contributed by atoms with E-state index in [0.717, 1.165) is 30.6 Å². The van der Waals surface area contributed by atoms with Crippen molar-refractivity contribution in [2.45, 2.75) is 70.5 Å². The number of nitrogens with zero attached hydrogens (tertiary/aromatic N) is 1. The van der Waals surface area contributed by atoms with Crippen LogP contribution in [0, 0.1) is 0 Å². The number of benzene rings is 1. The summed E-state index contributed by atoms with van der Waals surface area (Å²) < 4.78 is 11.7. The molecular weight excluding hydrogens is 314 g/mol. The highest BCUT2D eigenvalue weighted by molar-refractivity contribution is 6.06. The van der Waals surface area contributed by atoms with Crippen molar-refractivity contribution in [2.75, 3.05) is 24.7 Å². The summed E-state index contributed by atoms with van der Waals surface area (Å²) in [5.41, 5.74) is 1.83. The number of carbonyl (C=O) groups excluding carboxylic acids is 1. The predicted molar refractivity (Wildman–Crippen MR) is 99.6 cm³/mol. The number of anilines is 1. The summed E-state index contributed by atoms with van der Waals surface area (Å²) in [4.78, 5) is 14.9. The Morgan fingerprint density at radius 3 is 2.32 bits per heavy atom. The molecule has 0 N–H and O–H groups in total. The molecule has 2 aliphatic heterocycles. The molecule has 1 spiro atoms.